The van der Waals surface area contributed by atoms with E-state index in [1.165, 1.54) is 11.1 Å². The first kappa shape index (κ1) is 12.0. The van der Waals surface area contributed by atoms with Gasteiger partial charge in [0.05, 0.1) is 12.7 Å². The highest BCUT2D eigenvalue weighted by molar-refractivity contribution is 7.99. The van der Waals surface area contributed by atoms with E-state index in [2.05, 4.69) is 45.0 Å². The number of hydrogen-bond donors (Lipinski definition) is 0. The zero-order chi connectivity index (χ0) is 11.6. The topological polar surface area (TPSA) is 9.23 Å². The van der Waals surface area contributed by atoms with Crippen molar-refractivity contribution in [2.75, 3.05) is 18.1 Å². The summed E-state index contributed by atoms with van der Waals surface area (Å²) in [4.78, 5) is 0. The zero-order valence-corrected chi connectivity index (χ0v) is 11.1. The van der Waals surface area contributed by atoms with Crippen molar-refractivity contribution < 1.29 is 4.74 Å². The molecule has 1 nitrogen and oxygen atoms in total. The molecular formula is C14H20OS. The normalized spacial score (nSPS) is 22.1. The summed E-state index contributed by atoms with van der Waals surface area (Å²) in [5, 5.41) is 0. The van der Waals surface area contributed by atoms with E-state index >= 15 is 0 Å². The molecule has 0 N–H and O–H groups in total. The number of rotatable bonds is 1. The highest BCUT2D eigenvalue weighted by Gasteiger charge is 2.18. The standard InChI is InChI=1S/C14H20OS/c1-14(2,3)12-6-4-11(5-7-12)13-10-16-9-8-15-13/h4-7,13H,8-10H2,1-3H3. The average molecular weight is 236 g/mol. The quantitative estimate of drug-likeness (QED) is 0.733. The lowest BCUT2D eigenvalue weighted by atomic mass is 9.86. The van der Waals surface area contributed by atoms with Crippen LogP contribution in [0.25, 0.3) is 0 Å². The second-order valence-corrected chi connectivity index (χ2v) is 6.46. The molecule has 2 heteroatoms. The van der Waals surface area contributed by atoms with Gasteiger partial charge in [-0.05, 0) is 16.5 Å². The fourth-order valence-electron chi connectivity index (χ4n) is 1.88. The molecule has 1 aliphatic heterocycles. The van der Waals surface area contributed by atoms with Crippen molar-refractivity contribution >= 4 is 11.8 Å². The Morgan fingerprint density at radius 1 is 1.19 bits per heavy atom. The first-order valence-electron chi connectivity index (χ1n) is 5.87. The van der Waals surface area contributed by atoms with E-state index in [4.69, 9.17) is 4.74 Å². The monoisotopic (exact) mass is 236 g/mol. The molecule has 1 saturated heterocycles. The predicted molar refractivity (Wildman–Crippen MR) is 71.2 cm³/mol. The summed E-state index contributed by atoms with van der Waals surface area (Å²) in [6.07, 6.45) is 0.299. The molecule has 1 atom stereocenters. The summed E-state index contributed by atoms with van der Waals surface area (Å²) in [6.45, 7) is 7.62. The van der Waals surface area contributed by atoms with E-state index < -0.39 is 0 Å². The Bertz CT molecular complexity index is 331. The molecule has 2 rings (SSSR count). The van der Waals surface area contributed by atoms with Crippen LogP contribution in [0.3, 0.4) is 0 Å². The van der Waals surface area contributed by atoms with Crippen molar-refractivity contribution in [3.63, 3.8) is 0 Å². The van der Waals surface area contributed by atoms with Gasteiger partial charge in [0.25, 0.3) is 0 Å². The molecule has 88 valence electrons. The molecule has 16 heavy (non-hydrogen) atoms. The van der Waals surface area contributed by atoms with Gasteiger partial charge < -0.3 is 4.74 Å². The highest BCUT2D eigenvalue weighted by Crippen LogP contribution is 2.29. The fourth-order valence-corrected chi connectivity index (χ4v) is 2.76. The molecule has 1 aromatic carbocycles. The van der Waals surface area contributed by atoms with E-state index in [-0.39, 0.29) is 5.41 Å². The number of benzene rings is 1. The maximum Gasteiger partial charge on any atom is 0.0915 e. The molecule has 1 aromatic rings. The van der Waals surface area contributed by atoms with Crippen LogP contribution in [0.15, 0.2) is 24.3 Å². The van der Waals surface area contributed by atoms with E-state index in [1.807, 2.05) is 11.8 Å². The van der Waals surface area contributed by atoms with Crippen LogP contribution in [-0.2, 0) is 10.2 Å². The number of ether oxygens (including phenoxy) is 1. The molecule has 0 radical (unpaired) electrons. The third-order valence-corrected chi connectivity index (χ3v) is 3.96. The van der Waals surface area contributed by atoms with Crippen molar-refractivity contribution in [3.8, 4) is 0 Å². The molecule has 0 bridgehead atoms. The number of thioether (sulfide) groups is 1. The molecule has 0 aromatic heterocycles. The van der Waals surface area contributed by atoms with E-state index in [0.29, 0.717) is 6.10 Å². The van der Waals surface area contributed by atoms with Crippen LogP contribution in [0.2, 0.25) is 0 Å². The van der Waals surface area contributed by atoms with Crippen molar-refractivity contribution in [1.82, 2.24) is 0 Å². The van der Waals surface area contributed by atoms with Crippen molar-refractivity contribution in [2.45, 2.75) is 32.3 Å². The summed E-state index contributed by atoms with van der Waals surface area (Å²) in [7, 11) is 0. The second-order valence-electron chi connectivity index (χ2n) is 5.31. The second kappa shape index (κ2) is 4.80. The predicted octanol–water partition coefficient (Wildman–Crippen LogP) is 3.79. The lowest BCUT2D eigenvalue weighted by molar-refractivity contribution is 0.0757. The molecule has 0 amide bonds. The SMILES string of the molecule is CC(C)(C)c1ccc(C2CSCCO2)cc1. The maximum atomic E-state index is 5.77. The fraction of sp³-hybridized carbons (Fsp3) is 0.571. The Morgan fingerprint density at radius 2 is 1.88 bits per heavy atom. The van der Waals surface area contributed by atoms with Gasteiger partial charge in [-0.3, -0.25) is 0 Å². The summed E-state index contributed by atoms with van der Waals surface area (Å²) in [6, 6.07) is 8.91. The van der Waals surface area contributed by atoms with Gasteiger partial charge in [0.15, 0.2) is 0 Å². The number of hydrogen-bond acceptors (Lipinski definition) is 2. The molecule has 1 aliphatic rings. The minimum atomic E-state index is 0.237. The van der Waals surface area contributed by atoms with Crippen LogP contribution in [0.4, 0.5) is 0 Å². The molecule has 1 fully saturated rings. The lowest BCUT2D eigenvalue weighted by Gasteiger charge is -2.24. The van der Waals surface area contributed by atoms with E-state index in [0.717, 1.165) is 18.1 Å². The Kier molecular flexibility index (Phi) is 3.60. The third-order valence-electron chi connectivity index (χ3n) is 2.96. The van der Waals surface area contributed by atoms with Crippen LogP contribution >= 0.6 is 11.8 Å². The first-order chi connectivity index (χ1) is 7.57. The smallest absolute Gasteiger partial charge is 0.0915 e. The van der Waals surface area contributed by atoms with Gasteiger partial charge in [-0.2, -0.15) is 11.8 Å². The Labute approximate surface area is 103 Å². The Hall–Kier alpha value is -0.470. The molecule has 0 aliphatic carbocycles. The average Bonchev–Trinajstić information content (AvgIpc) is 2.29. The van der Waals surface area contributed by atoms with E-state index in [9.17, 15) is 0 Å². The molecule has 0 spiro atoms. The molecular weight excluding hydrogens is 216 g/mol. The van der Waals surface area contributed by atoms with Crippen LogP contribution in [0, 0.1) is 0 Å². The minimum absolute atomic E-state index is 0.237. The zero-order valence-electron chi connectivity index (χ0n) is 10.3. The third kappa shape index (κ3) is 2.80. The van der Waals surface area contributed by atoms with E-state index in [1.54, 1.807) is 0 Å². The van der Waals surface area contributed by atoms with Gasteiger partial charge in [-0.15, -0.1) is 0 Å². The Balaban J connectivity index is 2.12. The summed E-state index contributed by atoms with van der Waals surface area (Å²) >= 11 is 1.98. The summed E-state index contributed by atoms with van der Waals surface area (Å²) in [5.74, 6) is 2.23. The van der Waals surface area contributed by atoms with Crippen LogP contribution in [-0.4, -0.2) is 18.1 Å². The first-order valence-corrected chi connectivity index (χ1v) is 7.02. The van der Waals surface area contributed by atoms with Gasteiger partial charge in [0.1, 0.15) is 0 Å². The highest BCUT2D eigenvalue weighted by atomic mass is 32.2. The van der Waals surface area contributed by atoms with Crippen molar-refractivity contribution in [3.05, 3.63) is 35.4 Å². The maximum absolute atomic E-state index is 5.77. The Morgan fingerprint density at radius 3 is 2.38 bits per heavy atom. The summed E-state index contributed by atoms with van der Waals surface area (Å²) in [5.41, 5.74) is 2.95. The summed E-state index contributed by atoms with van der Waals surface area (Å²) < 4.78 is 5.77. The molecule has 1 unspecified atom stereocenters. The molecule has 0 saturated carbocycles. The van der Waals surface area contributed by atoms with Crippen molar-refractivity contribution in [1.29, 1.82) is 0 Å². The van der Waals surface area contributed by atoms with Crippen molar-refractivity contribution in [2.24, 2.45) is 0 Å². The van der Waals surface area contributed by atoms with Gasteiger partial charge in [-0.1, -0.05) is 45.0 Å². The van der Waals surface area contributed by atoms with Crippen LogP contribution < -0.4 is 0 Å². The largest absolute Gasteiger partial charge is 0.372 e. The van der Waals surface area contributed by atoms with Gasteiger partial charge in [0.2, 0.25) is 0 Å². The van der Waals surface area contributed by atoms with Gasteiger partial charge in [-0.25, -0.2) is 0 Å². The molecule has 1 heterocycles. The van der Waals surface area contributed by atoms with Crippen LogP contribution in [0.1, 0.15) is 38.0 Å². The lowest BCUT2D eigenvalue weighted by Crippen LogP contribution is -2.16. The van der Waals surface area contributed by atoms with Gasteiger partial charge >= 0.3 is 0 Å². The minimum Gasteiger partial charge on any atom is -0.372 e. The van der Waals surface area contributed by atoms with Gasteiger partial charge in [0, 0.05) is 11.5 Å². The van der Waals surface area contributed by atoms with Crippen LogP contribution in [0.5, 0.6) is 0 Å².